The van der Waals surface area contributed by atoms with Crippen molar-refractivity contribution >= 4 is 23.6 Å². The van der Waals surface area contributed by atoms with Gasteiger partial charge in [-0.15, -0.1) is 0 Å². The average molecular weight is 274 g/mol. The average Bonchev–Trinajstić information content (AvgIpc) is 2.57. The number of hydrogen-bond acceptors (Lipinski definition) is 4. The summed E-state index contributed by atoms with van der Waals surface area (Å²) in [5.74, 6) is 1.63. The van der Waals surface area contributed by atoms with Crippen molar-refractivity contribution in [2.24, 2.45) is 5.92 Å². The zero-order chi connectivity index (χ0) is 13.0. The van der Waals surface area contributed by atoms with Crippen molar-refractivity contribution in [3.8, 4) is 0 Å². The maximum Gasteiger partial charge on any atom is 0.261 e. The highest BCUT2D eigenvalue weighted by atomic mass is 32.2. The molecule has 0 unspecified atom stereocenters. The van der Waals surface area contributed by atoms with Crippen molar-refractivity contribution in [3.05, 3.63) is 35.4 Å². The summed E-state index contributed by atoms with van der Waals surface area (Å²) in [5.41, 5.74) is 1.30. The molecule has 3 aliphatic heterocycles. The van der Waals surface area contributed by atoms with Crippen LogP contribution in [-0.4, -0.2) is 41.3 Å². The Bertz CT molecular complexity index is 579. The van der Waals surface area contributed by atoms with Gasteiger partial charge in [0, 0.05) is 30.2 Å². The van der Waals surface area contributed by atoms with Crippen LogP contribution in [0.3, 0.4) is 0 Å². The van der Waals surface area contributed by atoms with Gasteiger partial charge in [-0.25, -0.2) is 0 Å². The lowest BCUT2D eigenvalue weighted by Gasteiger charge is -2.47. The van der Waals surface area contributed by atoms with Crippen molar-refractivity contribution in [2.45, 2.75) is 5.54 Å². The Labute approximate surface area is 115 Å². The molecule has 0 aromatic heterocycles. The van der Waals surface area contributed by atoms with Gasteiger partial charge in [-0.2, -0.15) is 11.8 Å². The first-order chi connectivity index (χ1) is 9.24. The van der Waals surface area contributed by atoms with Crippen molar-refractivity contribution in [3.63, 3.8) is 0 Å². The molecule has 2 fully saturated rings. The van der Waals surface area contributed by atoms with Crippen LogP contribution in [0.1, 0.15) is 15.9 Å². The Morgan fingerprint density at radius 3 is 2.63 bits per heavy atom. The molecule has 4 nitrogen and oxygen atoms in total. The van der Waals surface area contributed by atoms with Crippen LogP contribution in [0, 0.1) is 5.92 Å². The van der Waals surface area contributed by atoms with E-state index in [9.17, 15) is 9.59 Å². The zero-order valence-corrected chi connectivity index (χ0v) is 11.2. The fraction of sp³-hybridized carbons (Fsp3) is 0.429. The van der Waals surface area contributed by atoms with E-state index in [1.54, 1.807) is 16.7 Å². The number of imide groups is 1. The summed E-state index contributed by atoms with van der Waals surface area (Å²) in [6.07, 6.45) is 0. The third-order valence-corrected chi connectivity index (χ3v) is 5.61. The molecule has 1 spiro atoms. The van der Waals surface area contributed by atoms with Gasteiger partial charge in [-0.1, -0.05) is 18.2 Å². The Hall–Kier alpha value is -1.33. The molecule has 0 atom stereocenters. The first-order valence-electron chi connectivity index (χ1n) is 6.50. The van der Waals surface area contributed by atoms with Crippen LogP contribution in [0.15, 0.2) is 24.3 Å². The second-order valence-electron chi connectivity index (χ2n) is 5.39. The summed E-state index contributed by atoms with van der Waals surface area (Å²) < 4.78 is 0. The number of nitrogens with one attached hydrogen (secondary N) is 1. The molecule has 2 amide bonds. The molecule has 1 N–H and O–H groups in total. The van der Waals surface area contributed by atoms with Gasteiger partial charge in [-0.05, 0) is 11.6 Å². The number of amides is 2. The molecule has 19 heavy (non-hydrogen) atoms. The van der Waals surface area contributed by atoms with Crippen molar-refractivity contribution in [2.75, 3.05) is 24.6 Å². The summed E-state index contributed by atoms with van der Waals surface area (Å²) in [6, 6.07) is 7.63. The predicted octanol–water partition coefficient (Wildman–Crippen LogP) is 0.831. The monoisotopic (exact) mass is 274 g/mol. The Morgan fingerprint density at radius 2 is 2.05 bits per heavy atom. The molecule has 0 bridgehead atoms. The highest BCUT2D eigenvalue weighted by molar-refractivity contribution is 8.00. The molecule has 4 rings (SSSR count). The van der Waals surface area contributed by atoms with Gasteiger partial charge in [-0.3, -0.25) is 14.5 Å². The van der Waals surface area contributed by atoms with Crippen LogP contribution in [-0.2, 0) is 10.3 Å². The van der Waals surface area contributed by atoms with E-state index in [4.69, 9.17) is 0 Å². The molecule has 0 radical (unpaired) electrons. The maximum atomic E-state index is 12.6. The predicted molar refractivity (Wildman–Crippen MR) is 73.0 cm³/mol. The van der Waals surface area contributed by atoms with E-state index in [1.807, 2.05) is 24.3 Å². The summed E-state index contributed by atoms with van der Waals surface area (Å²) in [6.45, 7) is 1.36. The van der Waals surface area contributed by atoms with Crippen LogP contribution >= 0.6 is 11.8 Å². The zero-order valence-electron chi connectivity index (χ0n) is 10.4. The molecule has 5 heteroatoms. The van der Waals surface area contributed by atoms with Crippen LogP contribution in [0.5, 0.6) is 0 Å². The number of nitrogens with zero attached hydrogens (tertiary/aromatic N) is 1. The summed E-state index contributed by atoms with van der Waals surface area (Å²) >= 11 is 1.77. The molecule has 2 saturated heterocycles. The molecule has 1 aromatic rings. The number of benzene rings is 1. The highest BCUT2D eigenvalue weighted by Gasteiger charge is 2.57. The molecular weight excluding hydrogens is 260 g/mol. The van der Waals surface area contributed by atoms with Gasteiger partial charge in [0.1, 0.15) is 5.54 Å². The van der Waals surface area contributed by atoms with E-state index in [-0.39, 0.29) is 17.7 Å². The van der Waals surface area contributed by atoms with E-state index in [0.29, 0.717) is 18.7 Å². The SMILES string of the molecule is O=C1c2ccccc2C2(CNC2)N1C(=O)C1CSC1. The van der Waals surface area contributed by atoms with E-state index in [0.717, 1.165) is 17.1 Å². The number of carbonyl (C=O) groups is 2. The van der Waals surface area contributed by atoms with E-state index in [1.165, 1.54) is 0 Å². The minimum atomic E-state index is -0.412. The number of hydrogen-bond donors (Lipinski definition) is 1. The van der Waals surface area contributed by atoms with Gasteiger partial charge in [0.25, 0.3) is 5.91 Å². The lowest BCUT2D eigenvalue weighted by Crippen LogP contribution is -2.67. The fourth-order valence-electron chi connectivity index (χ4n) is 3.09. The van der Waals surface area contributed by atoms with Crippen LogP contribution in [0.25, 0.3) is 0 Å². The molecule has 1 aromatic carbocycles. The van der Waals surface area contributed by atoms with Crippen LogP contribution in [0.4, 0.5) is 0 Å². The second kappa shape index (κ2) is 3.84. The fourth-order valence-corrected chi connectivity index (χ4v) is 3.85. The standard InChI is InChI=1S/C14H14N2O2S/c17-12(9-5-19-6-9)16-13(18)10-3-1-2-4-11(10)14(16)7-15-8-14/h1-4,9,15H,5-8H2. The number of fused-ring (bicyclic) bond motifs is 2. The van der Waals surface area contributed by atoms with E-state index in [2.05, 4.69) is 5.32 Å². The Morgan fingerprint density at radius 1 is 1.32 bits per heavy atom. The normalized spacial score (nSPS) is 24.0. The van der Waals surface area contributed by atoms with E-state index < -0.39 is 5.54 Å². The third-order valence-electron chi connectivity index (χ3n) is 4.33. The topological polar surface area (TPSA) is 49.4 Å². The van der Waals surface area contributed by atoms with Gasteiger partial charge < -0.3 is 5.32 Å². The molecule has 0 saturated carbocycles. The van der Waals surface area contributed by atoms with Gasteiger partial charge >= 0.3 is 0 Å². The molecule has 3 aliphatic rings. The molecule has 0 aliphatic carbocycles. The smallest absolute Gasteiger partial charge is 0.261 e. The summed E-state index contributed by atoms with van der Waals surface area (Å²) in [7, 11) is 0. The van der Waals surface area contributed by atoms with E-state index >= 15 is 0 Å². The molecule has 3 heterocycles. The van der Waals surface area contributed by atoms with Crippen LogP contribution in [0.2, 0.25) is 0 Å². The number of thioether (sulfide) groups is 1. The Kier molecular flexibility index (Phi) is 2.32. The first-order valence-corrected chi connectivity index (χ1v) is 7.66. The quantitative estimate of drug-likeness (QED) is 0.771. The minimum absolute atomic E-state index is 0.0152. The summed E-state index contributed by atoms with van der Waals surface area (Å²) in [4.78, 5) is 26.7. The number of rotatable bonds is 1. The Balaban J connectivity index is 1.80. The highest BCUT2D eigenvalue weighted by Crippen LogP contribution is 2.43. The van der Waals surface area contributed by atoms with Gasteiger partial charge in [0.2, 0.25) is 5.91 Å². The lowest BCUT2D eigenvalue weighted by atomic mass is 9.83. The van der Waals surface area contributed by atoms with Crippen molar-refractivity contribution in [1.82, 2.24) is 10.2 Å². The van der Waals surface area contributed by atoms with Gasteiger partial charge in [0.15, 0.2) is 0 Å². The number of carbonyl (C=O) groups excluding carboxylic acids is 2. The minimum Gasteiger partial charge on any atom is -0.311 e. The van der Waals surface area contributed by atoms with Crippen LogP contribution < -0.4 is 5.32 Å². The summed E-state index contributed by atoms with van der Waals surface area (Å²) in [5, 5.41) is 3.21. The van der Waals surface area contributed by atoms with Crippen molar-refractivity contribution in [1.29, 1.82) is 0 Å². The van der Waals surface area contributed by atoms with Crippen molar-refractivity contribution < 1.29 is 9.59 Å². The molecular formula is C14H14N2O2S. The second-order valence-corrected chi connectivity index (χ2v) is 6.47. The molecule has 98 valence electrons. The maximum absolute atomic E-state index is 12.6. The largest absolute Gasteiger partial charge is 0.311 e. The lowest BCUT2D eigenvalue weighted by molar-refractivity contribution is -0.138. The van der Waals surface area contributed by atoms with Gasteiger partial charge in [0.05, 0.1) is 5.92 Å². The third kappa shape index (κ3) is 1.34. The first kappa shape index (κ1) is 11.5.